The highest BCUT2D eigenvalue weighted by Crippen LogP contribution is 2.46. The Morgan fingerprint density at radius 1 is 0.969 bits per heavy atom. The van der Waals surface area contributed by atoms with Crippen LogP contribution < -0.4 is 4.90 Å². The van der Waals surface area contributed by atoms with Gasteiger partial charge in [-0.2, -0.15) is 5.10 Å². The van der Waals surface area contributed by atoms with Crippen LogP contribution in [-0.4, -0.2) is 59.4 Å². The van der Waals surface area contributed by atoms with E-state index >= 15 is 0 Å². The second kappa shape index (κ2) is 7.27. The molecule has 6 nitrogen and oxygen atoms in total. The lowest BCUT2D eigenvalue weighted by Crippen LogP contribution is -2.48. The van der Waals surface area contributed by atoms with Gasteiger partial charge in [-0.05, 0) is 57.0 Å². The normalized spacial score (nSPS) is 20.0. The summed E-state index contributed by atoms with van der Waals surface area (Å²) in [4.78, 5) is 30.5. The molecule has 1 aliphatic carbocycles. The summed E-state index contributed by atoms with van der Waals surface area (Å²) < 4.78 is 0. The SMILES string of the molecule is CC1(C)C(=O)C(C)(C)c2cc(C(=O)CN3CCN(c4n[nH]c5ccccc45)CC3)ccc21. The van der Waals surface area contributed by atoms with Crippen molar-refractivity contribution >= 4 is 28.3 Å². The number of hydrogen-bond acceptors (Lipinski definition) is 5. The molecule has 1 saturated heterocycles. The Morgan fingerprint density at radius 2 is 1.66 bits per heavy atom. The number of anilines is 1. The van der Waals surface area contributed by atoms with Gasteiger partial charge < -0.3 is 4.90 Å². The van der Waals surface area contributed by atoms with Gasteiger partial charge in [0, 0.05) is 48.0 Å². The highest BCUT2D eigenvalue weighted by Gasteiger charge is 2.50. The summed E-state index contributed by atoms with van der Waals surface area (Å²) in [5.41, 5.74) is 2.71. The number of ketones is 2. The van der Waals surface area contributed by atoms with Crippen molar-refractivity contribution in [3.63, 3.8) is 0 Å². The van der Waals surface area contributed by atoms with Gasteiger partial charge in [0.1, 0.15) is 0 Å². The molecule has 0 atom stereocenters. The fourth-order valence-electron chi connectivity index (χ4n) is 5.41. The van der Waals surface area contributed by atoms with Crippen molar-refractivity contribution in [3.05, 3.63) is 59.2 Å². The molecule has 6 heteroatoms. The third kappa shape index (κ3) is 3.16. The van der Waals surface area contributed by atoms with E-state index in [9.17, 15) is 9.59 Å². The van der Waals surface area contributed by atoms with Crippen molar-refractivity contribution in [1.29, 1.82) is 0 Å². The first-order valence-corrected chi connectivity index (χ1v) is 11.3. The molecule has 1 N–H and O–H groups in total. The number of fused-ring (bicyclic) bond motifs is 2. The van der Waals surface area contributed by atoms with Crippen molar-refractivity contribution in [2.75, 3.05) is 37.6 Å². The number of H-pyrrole nitrogens is 1. The quantitative estimate of drug-likeness (QED) is 0.639. The van der Waals surface area contributed by atoms with Crippen LogP contribution in [0.3, 0.4) is 0 Å². The van der Waals surface area contributed by atoms with E-state index in [4.69, 9.17) is 0 Å². The van der Waals surface area contributed by atoms with Crippen molar-refractivity contribution < 1.29 is 9.59 Å². The standard InChI is InChI=1S/C26H30N4O2/c1-25(2)19-10-9-17(15-20(19)26(3,4)24(25)32)22(31)16-29-11-13-30(14-12-29)23-18-7-5-6-8-21(18)27-28-23/h5-10,15H,11-14,16H2,1-4H3,(H,27,28). The number of carbonyl (C=O) groups excluding carboxylic acids is 2. The van der Waals surface area contributed by atoms with E-state index in [1.54, 1.807) is 0 Å². The second-order valence-corrected chi connectivity index (χ2v) is 10.1. The molecule has 0 spiro atoms. The van der Waals surface area contributed by atoms with Gasteiger partial charge in [-0.3, -0.25) is 19.6 Å². The lowest BCUT2D eigenvalue weighted by molar-refractivity contribution is -0.126. The molecule has 1 aromatic heterocycles. The fraction of sp³-hybridized carbons (Fsp3) is 0.423. The number of rotatable bonds is 4. The number of aromatic amines is 1. The summed E-state index contributed by atoms with van der Waals surface area (Å²) in [6, 6.07) is 14.0. The van der Waals surface area contributed by atoms with E-state index in [1.807, 2.05) is 64.1 Å². The van der Waals surface area contributed by atoms with Crippen LogP contribution in [-0.2, 0) is 15.6 Å². The van der Waals surface area contributed by atoms with Crippen LogP contribution in [0.5, 0.6) is 0 Å². The predicted octanol–water partition coefficient (Wildman–Crippen LogP) is 3.71. The van der Waals surface area contributed by atoms with Gasteiger partial charge in [0.2, 0.25) is 0 Å². The van der Waals surface area contributed by atoms with Crippen LogP contribution in [0, 0.1) is 0 Å². The monoisotopic (exact) mass is 430 g/mol. The number of hydrogen-bond donors (Lipinski definition) is 1. The van der Waals surface area contributed by atoms with Crippen LogP contribution in [0.15, 0.2) is 42.5 Å². The molecular weight excluding hydrogens is 400 g/mol. The van der Waals surface area contributed by atoms with E-state index in [0.29, 0.717) is 12.1 Å². The zero-order chi connectivity index (χ0) is 22.7. The van der Waals surface area contributed by atoms with Gasteiger partial charge in [-0.15, -0.1) is 0 Å². The first kappa shape index (κ1) is 20.9. The molecule has 0 bridgehead atoms. The molecule has 32 heavy (non-hydrogen) atoms. The minimum absolute atomic E-state index is 0.111. The third-order valence-electron chi connectivity index (χ3n) is 7.31. The van der Waals surface area contributed by atoms with Gasteiger partial charge >= 0.3 is 0 Å². The summed E-state index contributed by atoms with van der Waals surface area (Å²) in [5, 5.41) is 8.74. The molecule has 5 rings (SSSR count). The van der Waals surface area contributed by atoms with Crippen molar-refractivity contribution in [2.45, 2.75) is 38.5 Å². The highest BCUT2D eigenvalue weighted by atomic mass is 16.1. The maximum atomic E-state index is 13.1. The molecular formula is C26H30N4O2. The van der Waals surface area contributed by atoms with Gasteiger partial charge in [-0.25, -0.2) is 0 Å². The Kier molecular flexibility index (Phi) is 4.75. The summed E-state index contributed by atoms with van der Waals surface area (Å²) in [5.74, 6) is 1.31. The Hall–Kier alpha value is -2.99. The molecule has 3 aromatic rings. The topological polar surface area (TPSA) is 69.3 Å². The predicted molar refractivity (Wildman–Crippen MR) is 127 cm³/mol. The van der Waals surface area contributed by atoms with Gasteiger partial charge in [0.15, 0.2) is 17.4 Å². The number of piperazine rings is 1. The number of para-hydroxylation sites is 1. The van der Waals surface area contributed by atoms with E-state index < -0.39 is 10.8 Å². The number of carbonyl (C=O) groups is 2. The molecule has 1 aliphatic heterocycles. The van der Waals surface area contributed by atoms with Gasteiger partial charge in [0.25, 0.3) is 0 Å². The van der Waals surface area contributed by atoms with Crippen molar-refractivity contribution in [1.82, 2.24) is 15.1 Å². The minimum atomic E-state index is -0.562. The molecule has 2 aliphatic rings. The number of benzene rings is 2. The molecule has 2 heterocycles. The highest BCUT2D eigenvalue weighted by molar-refractivity contribution is 6.04. The molecule has 0 unspecified atom stereocenters. The Balaban J connectivity index is 1.27. The molecule has 0 saturated carbocycles. The minimum Gasteiger partial charge on any atom is -0.352 e. The third-order valence-corrected chi connectivity index (χ3v) is 7.31. The number of aromatic nitrogens is 2. The van der Waals surface area contributed by atoms with Gasteiger partial charge in [0.05, 0.1) is 12.1 Å². The maximum Gasteiger partial charge on any atom is 0.176 e. The zero-order valence-electron chi connectivity index (χ0n) is 19.2. The van der Waals surface area contributed by atoms with Crippen LogP contribution >= 0.6 is 0 Å². The van der Waals surface area contributed by atoms with Crippen LogP contribution in [0.1, 0.15) is 49.2 Å². The molecule has 2 aromatic carbocycles. The molecule has 166 valence electrons. The molecule has 1 fully saturated rings. The number of nitrogens with zero attached hydrogens (tertiary/aromatic N) is 3. The van der Waals surface area contributed by atoms with Crippen molar-refractivity contribution in [2.24, 2.45) is 0 Å². The average Bonchev–Trinajstić information content (AvgIpc) is 3.27. The van der Waals surface area contributed by atoms with E-state index in [1.165, 1.54) is 0 Å². The van der Waals surface area contributed by atoms with Gasteiger partial charge in [-0.1, -0.05) is 24.3 Å². The Bertz CT molecular complexity index is 1220. The summed E-state index contributed by atoms with van der Waals surface area (Å²) >= 11 is 0. The Morgan fingerprint density at radius 3 is 2.41 bits per heavy atom. The lowest BCUT2D eigenvalue weighted by atomic mass is 9.80. The van der Waals surface area contributed by atoms with Crippen LogP contribution in [0.2, 0.25) is 0 Å². The van der Waals surface area contributed by atoms with Crippen molar-refractivity contribution in [3.8, 4) is 0 Å². The smallest absolute Gasteiger partial charge is 0.176 e. The largest absolute Gasteiger partial charge is 0.352 e. The average molecular weight is 431 g/mol. The van der Waals surface area contributed by atoms with E-state index in [-0.39, 0.29) is 11.6 Å². The summed E-state index contributed by atoms with van der Waals surface area (Å²) in [6.45, 7) is 11.6. The zero-order valence-corrected chi connectivity index (χ0v) is 19.2. The number of Topliss-reactive ketones (excluding diaryl/α,β-unsaturated/α-hetero) is 2. The first-order valence-electron chi connectivity index (χ1n) is 11.3. The number of nitrogens with one attached hydrogen (secondary N) is 1. The van der Waals surface area contributed by atoms with Crippen LogP contribution in [0.25, 0.3) is 10.9 Å². The Labute approximate surface area is 188 Å². The molecule has 0 amide bonds. The maximum absolute atomic E-state index is 13.1. The summed E-state index contributed by atoms with van der Waals surface area (Å²) in [6.07, 6.45) is 0. The van der Waals surface area contributed by atoms with Crippen LogP contribution in [0.4, 0.5) is 5.82 Å². The lowest BCUT2D eigenvalue weighted by Gasteiger charge is -2.34. The second-order valence-electron chi connectivity index (χ2n) is 10.1. The summed E-state index contributed by atoms with van der Waals surface area (Å²) in [7, 11) is 0. The molecule has 0 radical (unpaired) electrons. The van der Waals surface area contributed by atoms with E-state index in [2.05, 4.69) is 26.1 Å². The fourth-order valence-corrected chi connectivity index (χ4v) is 5.41. The first-order chi connectivity index (χ1) is 15.2. The van der Waals surface area contributed by atoms with E-state index in [0.717, 1.165) is 54.0 Å².